The molecule has 1 N–H and O–H groups in total. The van der Waals surface area contributed by atoms with E-state index in [1.807, 2.05) is 13.8 Å². The summed E-state index contributed by atoms with van der Waals surface area (Å²) < 4.78 is 38.2. The molecule has 0 saturated carbocycles. The Morgan fingerprint density at radius 1 is 1.38 bits per heavy atom. The zero-order chi connectivity index (χ0) is 16.0. The molecule has 21 heavy (non-hydrogen) atoms. The molecule has 0 aliphatic rings. The van der Waals surface area contributed by atoms with Crippen molar-refractivity contribution in [1.82, 2.24) is 5.32 Å². The second-order valence-corrected chi connectivity index (χ2v) is 6.89. The van der Waals surface area contributed by atoms with Crippen molar-refractivity contribution < 1.29 is 17.6 Å². The van der Waals surface area contributed by atoms with Gasteiger partial charge >= 0.3 is 0 Å². The number of para-hydroxylation sites is 1. The van der Waals surface area contributed by atoms with Gasteiger partial charge in [0.1, 0.15) is 12.4 Å². The minimum absolute atomic E-state index is 0.0514. The van der Waals surface area contributed by atoms with Crippen LogP contribution in [0.25, 0.3) is 0 Å². The summed E-state index contributed by atoms with van der Waals surface area (Å²) in [5.41, 5.74) is -0.127. The number of hydrogen-bond acceptors (Lipinski definition) is 3. The van der Waals surface area contributed by atoms with Crippen LogP contribution in [0.2, 0.25) is 0 Å². The number of nitrogens with one attached hydrogen (secondary N) is 1. The average molecular weight is 316 g/mol. The van der Waals surface area contributed by atoms with E-state index in [0.717, 1.165) is 29.5 Å². The number of hydrogen-bond donors (Lipinski definition) is 1. The summed E-state index contributed by atoms with van der Waals surface area (Å²) >= 11 is 0. The first-order valence-electron chi connectivity index (χ1n) is 6.77. The number of carbonyl (C=O) groups excluding carboxylic acids is 1. The van der Waals surface area contributed by atoms with E-state index in [1.165, 1.54) is 18.2 Å². The third-order valence-electron chi connectivity index (χ3n) is 2.94. The second kappa shape index (κ2) is 7.40. The van der Waals surface area contributed by atoms with Crippen molar-refractivity contribution in [2.45, 2.75) is 32.7 Å². The van der Waals surface area contributed by atoms with E-state index in [0.29, 0.717) is 0 Å². The highest BCUT2D eigenvalue weighted by molar-refractivity contribution is 7.92. The summed E-state index contributed by atoms with van der Waals surface area (Å²) in [4.78, 5) is 11.9. The molecule has 0 unspecified atom stereocenters. The Kier molecular flexibility index (Phi) is 6.14. The quantitative estimate of drug-likeness (QED) is 0.835. The third kappa shape index (κ3) is 5.34. The van der Waals surface area contributed by atoms with Crippen molar-refractivity contribution in [3.05, 3.63) is 30.1 Å². The van der Waals surface area contributed by atoms with E-state index in [9.17, 15) is 17.6 Å². The van der Waals surface area contributed by atoms with Gasteiger partial charge in [-0.05, 0) is 25.5 Å². The van der Waals surface area contributed by atoms with Gasteiger partial charge in [0.25, 0.3) is 0 Å². The normalized spacial score (nSPS) is 12.8. The van der Waals surface area contributed by atoms with E-state index in [2.05, 4.69) is 5.32 Å². The molecule has 118 valence electrons. The zero-order valence-corrected chi connectivity index (χ0v) is 13.3. The minimum atomic E-state index is -3.75. The molecule has 0 saturated heterocycles. The summed E-state index contributed by atoms with van der Waals surface area (Å²) in [5, 5.41) is 2.71. The van der Waals surface area contributed by atoms with E-state index in [-0.39, 0.29) is 11.7 Å². The lowest BCUT2D eigenvalue weighted by Gasteiger charge is -2.23. The molecule has 1 aromatic rings. The number of anilines is 1. The van der Waals surface area contributed by atoms with Crippen LogP contribution < -0.4 is 9.62 Å². The average Bonchev–Trinajstić information content (AvgIpc) is 2.36. The predicted molar refractivity (Wildman–Crippen MR) is 81.1 cm³/mol. The van der Waals surface area contributed by atoms with Crippen molar-refractivity contribution in [1.29, 1.82) is 0 Å². The van der Waals surface area contributed by atoms with Gasteiger partial charge in [-0.2, -0.15) is 0 Å². The van der Waals surface area contributed by atoms with E-state index in [4.69, 9.17) is 0 Å². The Labute approximate surface area is 125 Å². The van der Waals surface area contributed by atoms with E-state index in [1.54, 1.807) is 0 Å². The Hall–Kier alpha value is -1.63. The van der Waals surface area contributed by atoms with Crippen molar-refractivity contribution >= 4 is 21.6 Å². The lowest BCUT2D eigenvalue weighted by molar-refractivity contribution is -0.120. The Morgan fingerprint density at radius 2 is 2.00 bits per heavy atom. The van der Waals surface area contributed by atoms with Gasteiger partial charge in [-0.1, -0.05) is 25.5 Å². The Balaban J connectivity index is 2.92. The molecule has 0 aromatic heterocycles. The van der Waals surface area contributed by atoms with Gasteiger partial charge in [0, 0.05) is 6.04 Å². The molecule has 0 fully saturated rings. The molecule has 1 rings (SSSR count). The van der Waals surface area contributed by atoms with Crippen molar-refractivity contribution in [2.24, 2.45) is 0 Å². The maximum Gasteiger partial charge on any atom is 0.240 e. The van der Waals surface area contributed by atoms with Crippen LogP contribution in [-0.2, 0) is 14.8 Å². The SMILES string of the molecule is CCC[C@@H](C)NC(=O)CN(c1ccccc1F)S(C)(=O)=O. The molecule has 0 radical (unpaired) electrons. The fourth-order valence-corrected chi connectivity index (χ4v) is 2.85. The number of halogens is 1. The molecule has 5 nitrogen and oxygen atoms in total. The summed E-state index contributed by atoms with van der Waals surface area (Å²) in [7, 11) is -3.75. The van der Waals surface area contributed by atoms with Crippen LogP contribution >= 0.6 is 0 Å². The number of amides is 1. The predicted octanol–water partition coefficient (Wildman–Crippen LogP) is 1.90. The van der Waals surface area contributed by atoms with Crippen LogP contribution in [0.15, 0.2) is 24.3 Å². The fourth-order valence-electron chi connectivity index (χ4n) is 1.99. The van der Waals surface area contributed by atoms with Gasteiger partial charge in [0.15, 0.2) is 0 Å². The molecule has 1 atom stereocenters. The van der Waals surface area contributed by atoms with Gasteiger partial charge in [0.2, 0.25) is 15.9 Å². The summed E-state index contributed by atoms with van der Waals surface area (Å²) in [6.07, 6.45) is 2.65. The van der Waals surface area contributed by atoms with Crippen LogP contribution in [0.4, 0.5) is 10.1 Å². The third-order valence-corrected chi connectivity index (χ3v) is 4.06. The molecule has 0 spiro atoms. The number of sulfonamides is 1. The number of carbonyl (C=O) groups is 1. The highest BCUT2D eigenvalue weighted by Crippen LogP contribution is 2.20. The molecule has 1 amide bonds. The molecule has 1 aromatic carbocycles. The first-order chi connectivity index (χ1) is 9.75. The topological polar surface area (TPSA) is 66.5 Å². The van der Waals surface area contributed by atoms with Crippen LogP contribution in [0, 0.1) is 5.82 Å². The molecule has 0 aliphatic heterocycles. The lowest BCUT2D eigenvalue weighted by Crippen LogP contribution is -2.43. The van der Waals surface area contributed by atoms with Gasteiger partial charge < -0.3 is 5.32 Å². The number of benzene rings is 1. The molecular formula is C14H21FN2O3S. The highest BCUT2D eigenvalue weighted by Gasteiger charge is 2.23. The number of rotatable bonds is 7. The maximum atomic E-state index is 13.8. The maximum absolute atomic E-state index is 13.8. The molecule has 0 aliphatic carbocycles. The van der Waals surface area contributed by atoms with E-state index >= 15 is 0 Å². The lowest BCUT2D eigenvalue weighted by atomic mass is 10.2. The fraction of sp³-hybridized carbons (Fsp3) is 0.500. The molecule has 0 bridgehead atoms. The Bertz CT molecular complexity index is 590. The smallest absolute Gasteiger partial charge is 0.240 e. The standard InChI is InChI=1S/C14H21FN2O3S/c1-4-7-11(2)16-14(18)10-17(21(3,19)20)13-9-6-5-8-12(13)15/h5-6,8-9,11H,4,7,10H2,1-3H3,(H,16,18)/t11-/m1/s1. The largest absolute Gasteiger partial charge is 0.352 e. The second-order valence-electron chi connectivity index (χ2n) is 4.98. The van der Waals surface area contributed by atoms with Crippen LogP contribution in [-0.4, -0.2) is 33.2 Å². The highest BCUT2D eigenvalue weighted by atomic mass is 32.2. The van der Waals surface area contributed by atoms with Crippen LogP contribution in [0.5, 0.6) is 0 Å². The van der Waals surface area contributed by atoms with Gasteiger partial charge in [-0.15, -0.1) is 0 Å². The first-order valence-corrected chi connectivity index (χ1v) is 8.62. The molecular weight excluding hydrogens is 295 g/mol. The van der Waals surface area contributed by atoms with Crippen LogP contribution in [0.3, 0.4) is 0 Å². The summed E-state index contributed by atoms with van der Waals surface area (Å²) in [6, 6.07) is 5.42. The number of nitrogens with zero attached hydrogens (tertiary/aromatic N) is 1. The van der Waals surface area contributed by atoms with Crippen LogP contribution in [0.1, 0.15) is 26.7 Å². The first kappa shape index (κ1) is 17.4. The van der Waals surface area contributed by atoms with Gasteiger partial charge in [-0.25, -0.2) is 12.8 Å². The van der Waals surface area contributed by atoms with Crippen molar-refractivity contribution in [2.75, 3.05) is 17.1 Å². The van der Waals surface area contributed by atoms with Crippen molar-refractivity contribution in [3.8, 4) is 0 Å². The van der Waals surface area contributed by atoms with Crippen molar-refractivity contribution in [3.63, 3.8) is 0 Å². The monoisotopic (exact) mass is 316 g/mol. The molecule has 7 heteroatoms. The summed E-state index contributed by atoms with van der Waals surface area (Å²) in [6.45, 7) is 3.40. The minimum Gasteiger partial charge on any atom is -0.352 e. The Morgan fingerprint density at radius 3 is 2.52 bits per heavy atom. The van der Waals surface area contributed by atoms with Gasteiger partial charge in [-0.3, -0.25) is 9.10 Å². The van der Waals surface area contributed by atoms with E-state index < -0.39 is 28.3 Å². The zero-order valence-electron chi connectivity index (χ0n) is 12.5. The van der Waals surface area contributed by atoms with Gasteiger partial charge in [0.05, 0.1) is 11.9 Å². The summed E-state index contributed by atoms with van der Waals surface area (Å²) in [5.74, 6) is -1.14. The molecule has 0 heterocycles.